The van der Waals surface area contributed by atoms with Gasteiger partial charge in [-0.3, -0.25) is 14.5 Å². The van der Waals surface area contributed by atoms with Crippen molar-refractivity contribution in [2.24, 2.45) is 5.92 Å². The number of carbonyl (C=O) groups excluding carboxylic acids is 2. The molecule has 142 valence electrons. The molecule has 2 fully saturated rings. The third-order valence-electron chi connectivity index (χ3n) is 4.28. The van der Waals surface area contributed by atoms with E-state index in [9.17, 15) is 9.59 Å². The highest BCUT2D eigenvalue weighted by atomic mass is 35.5. The molecule has 0 saturated carbocycles. The summed E-state index contributed by atoms with van der Waals surface area (Å²) in [6.45, 7) is 7.08. The number of morpholine rings is 1. The zero-order valence-electron chi connectivity index (χ0n) is 14.3. The van der Waals surface area contributed by atoms with Crippen molar-refractivity contribution >= 4 is 36.6 Å². The molecular formula is C15H30Cl2N4O3. The number of rotatable bonds is 8. The van der Waals surface area contributed by atoms with E-state index in [-0.39, 0.29) is 42.5 Å². The molecule has 0 aliphatic carbocycles. The summed E-state index contributed by atoms with van der Waals surface area (Å²) in [5, 5.41) is 5.97. The van der Waals surface area contributed by atoms with Crippen molar-refractivity contribution in [3.8, 4) is 0 Å². The summed E-state index contributed by atoms with van der Waals surface area (Å²) in [7, 11) is 1.89. The van der Waals surface area contributed by atoms with Crippen molar-refractivity contribution in [1.82, 2.24) is 20.4 Å². The average Bonchev–Trinajstić information content (AvgIpc) is 2.91. The Kier molecular flexibility index (Phi) is 12.4. The first kappa shape index (κ1) is 23.4. The highest BCUT2D eigenvalue weighted by Crippen LogP contribution is 2.17. The van der Waals surface area contributed by atoms with Gasteiger partial charge in [-0.2, -0.15) is 0 Å². The lowest BCUT2D eigenvalue weighted by molar-refractivity contribution is -0.129. The van der Waals surface area contributed by atoms with E-state index < -0.39 is 0 Å². The number of amides is 2. The standard InChI is InChI=1S/C15H28N4O3.2ClH/c1-16-3-2-4-17-15(21)13-11-14(20)19(12-13)6-5-18-7-9-22-10-8-18;;/h13,16H,2-12H2,1H3,(H,17,21);2*1H. The van der Waals surface area contributed by atoms with Crippen LogP contribution in [-0.2, 0) is 14.3 Å². The Labute approximate surface area is 156 Å². The minimum Gasteiger partial charge on any atom is -0.379 e. The number of likely N-dealkylation sites (tertiary alicyclic amines) is 1. The summed E-state index contributed by atoms with van der Waals surface area (Å²) in [4.78, 5) is 28.2. The number of ether oxygens (including phenoxy) is 1. The summed E-state index contributed by atoms with van der Waals surface area (Å²) < 4.78 is 5.32. The van der Waals surface area contributed by atoms with Crippen LogP contribution >= 0.6 is 24.8 Å². The van der Waals surface area contributed by atoms with Crippen LogP contribution in [0.3, 0.4) is 0 Å². The van der Waals surface area contributed by atoms with Gasteiger partial charge in [0.2, 0.25) is 11.8 Å². The van der Waals surface area contributed by atoms with Crippen molar-refractivity contribution in [1.29, 1.82) is 0 Å². The first-order valence-corrected chi connectivity index (χ1v) is 8.21. The van der Waals surface area contributed by atoms with Crippen LogP contribution in [0.15, 0.2) is 0 Å². The number of hydrogen-bond acceptors (Lipinski definition) is 5. The summed E-state index contributed by atoms with van der Waals surface area (Å²) >= 11 is 0. The summed E-state index contributed by atoms with van der Waals surface area (Å²) in [6.07, 6.45) is 1.25. The van der Waals surface area contributed by atoms with Gasteiger partial charge in [0.15, 0.2) is 0 Å². The van der Waals surface area contributed by atoms with E-state index in [1.165, 1.54) is 0 Å². The Bertz CT molecular complexity index is 382. The van der Waals surface area contributed by atoms with Crippen molar-refractivity contribution < 1.29 is 14.3 Å². The number of carbonyl (C=O) groups is 2. The summed E-state index contributed by atoms with van der Waals surface area (Å²) in [5.41, 5.74) is 0. The lowest BCUT2D eigenvalue weighted by atomic mass is 10.1. The highest BCUT2D eigenvalue weighted by Gasteiger charge is 2.34. The van der Waals surface area contributed by atoms with E-state index in [2.05, 4.69) is 15.5 Å². The van der Waals surface area contributed by atoms with Gasteiger partial charge >= 0.3 is 0 Å². The Hall–Kier alpha value is -0.600. The van der Waals surface area contributed by atoms with Gasteiger partial charge in [-0.05, 0) is 20.0 Å². The lowest BCUT2D eigenvalue weighted by Gasteiger charge is -2.28. The molecule has 2 aliphatic rings. The third-order valence-corrected chi connectivity index (χ3v) is 4.28. The number of nitrogens with zero attached hydrogens (tertiary/aromatic N) is 2. The Balaban J connectivity index is 0.00000264. The smallest absolute Gasteiger partial charge is 0.225 e. The fraction of sp³-hybridized carbons (Fsp3) is 0.867. The quantitative estimate of drug-likeness (QED) is 0.563. The predicted molar refractivity (Wildman–Crippen MR) is 98.0 cm³/mol. The lowest BCUT2D eigenvalue weighted by Crippen LogP contribution is -2.42. The fourth-order valence-electron chi connectivity index (χ4n) is 2.87. The summed E-state index contributed by atoms with van der Waals surface area (Å²) in [6, 6.07) is 0. The van der Waals surface area contributed by atoms with Crippen LogP contribution in [-0.4, -0.2) is 87.7 Å². The maximum Gasteiger partial charge on any atom is 0.225 e. The second-order valence-electron chi connectivity index (χ2n) is 5.94. The molecule has 2 aliphatic heterocycles. The van der Waals surface area contributed by atoms with Gasteiger partial charge in [0.05, 0.1) is 19.1 Å². The Morgan fingerprint density at radius 1 is 1.21 bits per heavy atom. The first-order valence-electron chi connectivity index (χ1n) is 8.21. The molecule has 0 aromatic heterocycles. The Morgan fingerprint density at radius 3 is 2.58 bits per heavy atom. The third kappa shape index (κ3) is 7.53. The van der Waals surface area contributed by atoms with Gasteiger partial charge in [0.1, 0.15) is 0 Å². The predicted octanol–water partition coefficient (Wildman–Crippen LogP) is -0.264. The van der Waals surface area contributed by atoms with Gasteiger partial charge in [-0.25, -0.2) is 0 Å². The molecule has 0 radical (unpaired) electrons. The van der Waals surface area contributed by atoms with Crippen LogP contribution in [0.2, 0.25) is 0 Å². The fourth-order valence-corrected chi connectivity index (χ4v) is 2.87. The monoisotopic (exact) mass is 384 g/mol. The maximum absolute atomic E-state index is 12.1. The minimum atomic E-state index is -0.188. The van der Waals surface area contributed by atoms with E-state index in [4.69, 9.17) is 4.74 Å². The molecule has 2 amide bonds. The first-order chi connectivity index (χ1) is 10.7. The summed E-state index contributed by atoms with van der Waals surface area (Å²) in [5.74, 6) is -0.0752. The second-order valence-corrected chi connectivity index (χ2v) is 5.94. The van der Waals surface area contributed by atoms with Crippen LogP contribution in [0.25, 0.3) is 0 Å². The SMILES string of the molecule is CNCCCNC(=O)C1CC(=O)N(CCN2CCOCC2)C1.Cl.Cl. The molecule has 9 heteroatoms. The average molecular weight is 385 g/mol. The van der Waals surface area contributed by atoms with Crippen LogP contribution in [0.1, 0.15) is 12.8 Å². The van der Waals surface area contributed by atoms with Crippen LogP contribution in [0, 0.1) is 5.92 Å². The normalized spacial score (nSPS) is 21.1. The van der Waals surface area contributed by atoms with Crippen molar-refractivity contribution in [2.75, 3.05) is 66.1 Å². The Morgan fingerprint density at radius 2 is 1.92 bits per heavy atom. The van der Waals surface area contributed by atoms with Crippen LogP contribution in [0.5, 0.6) is 0 Å². The van der Waals surface area contributed by atoms with Gasteiger partial charge in [-0.15, -0.1) is 24.8 Å². The zero-order chi connectivity index (χ0) is 15.8. The van der Waals surface area contributed by atoms with Crippen LogP contribution < -0.4 is 10.6 Å². The van der Waals surface area contributed by atoms with Gasteiger partial charge in [0, 0.05) is 45.7 Å². The molecule has 24 heavy (non-hydrogen) atoms. The molecule has 2 N–H and O–H groups in total. The number of nitrogens with one attached hydrogen (secondary N) is 2. The van der Waals surface area contributed by atoms with Gasteiger partial charge in [-0.1, -0.05) is 0 Å². The largest absolute Gasteiger partial charge is 0.379 e. The van der Waals surface area contributed by atoms with E-state index in [0.29, 0.717) is 26.1 Å². The van der Waals surface area contributed by atoms with Crippen molar-refractivity contribution in [3.63, 3.8) is 0 Å². The van der Waals surface area contributed by atoms with E-state index in [1.54, 1.807) is 0 Å². The molecule has 1 unspecified atom stereocenters. The van der Waals surface area contributed by atoms with Gasteiger partial charge in [0.25, 0.3) is 0 Å². The topological polar surface area (TPSA) is 73.9 Å². The minimum absolute atomic E-state index is 0. The highest BCUT2D eigenvalue weighted by molar-refractivity contribution is 5.89. The van der Waals surface area contributed by atoms with Gasteiger partial charge < -0.3 is 20.3 Å². The van der Waals surface area contributed by atoms with E-state index in [0.717, 1.165) is 45.8 Å². The van der Waals surface area contributed by atoms with Crippen molar-refractivity contribution in [3.05, 3.63) is 0 Å². The van der Waals surface area contributed by atoms with E-state index >= 15 is 0 Å². The molecular weight excluding hydrogens is 355 g/mol. The maximum atomic E-state index is 12.1. The molecule has 7 nitrogen and oxygen atoms in total. The molecule has 2 rings (SSSR count). The molecule has 0 aromatic carbocycles. The van der Waals surface area contributed by atoms with E-state index in [1.807, 2.05) is 11.9 Å². The number of hydrogen-bond donors (Lipinski definition) is 2. The van der Waals surface area contributed by atoms with Crippen molar-refractivity contribution in [2.45, 2.75) is 12.8 Å². The zero-order valence-corrected chi connectivity index (χ0v) is 15.9. The molecule has 0 bridgehead atoms. The van der Waals surface area contributed by atoms with Crippen LogP contribution in [0.4, 0.5) is 0 Å². The second kappa shape index (κ2) is 12.7. The molecule has 0 aromatic rings. The molecule has 2 saturated heterocycles. The molecule has 1 atom stereocenters. The molecule has 0 spiro atoms. The molecule has 2 heterocycles. The number of halogens is 2.